The first-order chi connectivity index (χ1) is 16.6. The van der Waals surface area contributed by atoms with E-state index in [0.29, 0.717) is 19.4 Å². The van der Waals surface area contributed by atoms with Crippen LogP contribution < -0.4 is 10.6 Å². The molecular weight excluding hydrogens is 446 g/mol. The lowest BCUT2D eigenvalue weighted by Gasteiger charge is -2.31. The normalized spacial score (nSPS) is 17.4. The van der Waals surface area contributed by atoms with Gasteiger partial charge in [-0.2, -0.15) is 0 Å². The number of likely N-dealkylation sites (tertiary alicyclic amines) is 1. The third-order valence-electron chi connectivity index (χ3n) is 5.79. The Labute approximate surface area is 206 Å². The molecule has 35 heavy (non-hydrogen) atoms. The second kappa shape index (κ2) is 11.8. The summed E-state index contributed by atoms with van der Waals surface area (Å²) in [6.07, 6.45) is -0.860. The van der Waals surface area contributed by atoms with E-state index in [0.717, 1.165) is 11.1 Å². The van der Waals surface area contributed by atoms with Crippen molar-refractivity contribution in [1.29, 1.82) is 0 Å². The Hall–Kier alpha value is -3.39. The van der Waals surface area contributed by atoms with E-state index in [4.69, 9.17) is 4.74 Å². The van der Waals surface area contributed by atoms with Crippen molar-refractivity contribution in [3.8, 4) is 0 Å². The quantitative estimate of drug-likeness (QED) is 0.537. The predicted octanol–water partition coefficient (Wildman–Crippen LogP) is 2.79. The molecule has 1 saturated heterocycles. The highest BCUT2D eigenvalue weighted by atomic mass is 16.5. The molecule has 0 bridgehead atoms. The van der Waals surface area contributed by atoms with Crippen LogP contribution in [-0.2, 0) is 27.4 Å². The number of benzene rings is 2. The van der Waals surface area contributed by atoms with Crippen molar-refractivity contribution in [3.05, 3.63) is 71.8 Å². The van der Waals surface area contributed by atoms with Gasteiger partial charge >= 0.3 is 6.09 Å². The SMILES string of the molecule is CC(C)(C)NC(=O)[C@@H]1CCCN1C(=O)C(O)[C@H](Cc1ccccc1)NC(=O)OCc1ccccc1. The maximum Gasteiger partial charge on any atom is 0.407 e. The van der Waals surface area contributed by atoms with E-state index in [-0.39, 0.29) is 18.9 Å². The number of alkyl carbamates (subject to hydrolysis) is 1. The molecule has 0 spiro atoms. The number of hydrogen-bond donors (Lipinski definition) is 3. The van der Waals surface area contributed by atoms with Crippen LogP contribution in [0.1, 0.15) is 44.7 Å². The van der Waals surface area contributed by atoms with Crippen LogP contribution in [0.25, 0.3) is 0 Å². The van der Waals surface area contributed by atoms with Crippen LogP contribution in [0.5, 0.6) is 0 Å². The first-order valence-electron chi connectivity index (χ1n) is 12.0. The van der Waals surface area contributed by atoms with E-state index < -0.39 is 35.7 Å². The average Bonchev–Trinajstić information content (AvgIpc) is 3.32. The molecule has 8 nitrogen and oxygen atoms in total. The fourth-order valence-corrected chi connectivity index (χ4v) is 4.12. The summed E-state index contributed by atoms with van der Waals surface area (Å²) in [5, 5.41) is 16.6. The molecule has 3 atom stereocenters. The molecule has 0 aromatic heterocycles. The van der Waals surface area contributed by atoms with Gasteiger partial charge in [-0.3, -0.25) is 9.59 Å². The Morgan fingerprint density at radius 1 is 1.03 bits per heavy atom. The highest BCUT2D eigenvalue weighted by Gasteiger charge is 2.40. The topological polar surface area (TPSA) is 108 Å². The van der Waals surface area contributed by atoms with Crippen molar-refractivity contribution in [2.24, 2.45) is 0 Å². The molecule has 1 unspecified atom stereocenters. The van der Waals surface area contributed by atoms with Gasteiger partial charge in [-0.1, -0.05) is 60.7 Å². The summed E-state index contributed by atoms with van der Waals surface area (Å²) >= 11 is 0. The minimum atomic E-state index is -1.54. The van der Waals surface area contributed by atoms with Crippen LogP contribution in [-0.4, -0.2) is 58.2 Å². The third-order valence-corrected chi connectivity index (χ3v) is 5.79. The molecule has 1 aliphatic rings. The number of amides is 3. The number of hydrogen-bond acceptors (Lipinski definition) is 5. The number of ether oxygens (including phenoxy) is 1. The molecule has 2 aromatic carbocycles. The van der Waals surface area contributed by atoms with Crippen LogP contribution in [0, 0.1) is 0 Å². The van der Waals surface area contributed by atoms with E-state index in [9.17, 15) is 19.5 Å². The molecule has 0 saturated carbocycles. The number of aliphatic hydroxyl groups is 1. The molecule has 0 radical (unpaired) electrons. The molecule has 1 heterocycles. The van der Waals surface area contributed by atoms with E-state index >= 15 is 0 Å². The Balaban J connectivity index is 1.71. The van der Waals surface area contributed by atoms with Crippen molar-refractivity contribution in [2.45, 2.75) is 70.4 Å². The monoisotopic (exact) mass is 481 g/mol. The van der Waals surface area contributed by atoms with Gasteiger partial charge in [0.1, 0.15) is 12.6 Å². The molecule has 1 aliphatic heterocycles. The van der Waals surface area contributed by atoms with Crippen LogP contribution in [0.3, 0.4) is 0 Å². The number of nitrogens with zero attached hydrogens (tertiary/aromatic N) is 1. The zero-order valence-corrected chi connectivity index (χ0v) is 20.6. The molecule has 3 N–H and O–H groups in total. The van der Waals surface area contributed by atoms with Gasteiger partial charge in [-0.15, -0.1) is 0 Å². The second-order valence-corrected chi connectivity index (χ2v) is 9.88. The minimum Gasteiger partial charge on any atom is -0.445 e. The zero-order chi connectivity index (χ0) is 25.4. The van der Waals surface area contributed by atoms with Crippen LogP contribution >= 0.6 is 0 Å². The highest BCUT2D eigenvalue weighted by molar-refractivity contribution is 5.90. The summed E-state index contributed by atoms with van der Waals surface area (Å²) in [7, 11) is 0. The van der Waals surface area contributed by atoms with Crippen molar-refractivity contribution in [1.82, 2.24) is 15.5 Å². The van der Waals surface area contributed by atoms with Gasteiger partial charge in [0.25, 0.3) is 5.91 Å². The molecule has 2 aromatic rings. The Morgan fingerprint density at radius 2 is 1.63 bits per heavy atom. The van der Waals surface area contributed by atoms with E-state index in [1.165, 1.54) is 4.90 Å². The summed E-state index contributed by atoms with van der Waals surface area (Å²) in [6.45, 7) is 6.07. The van der Waals surface area contributed by atoms with E-state index in [1.807, 2.05) is 81.4 Å². The molecule has 0 aliphatic carbocycles. The van der Waals surface area contributed by atoms with Gasteiger partial charge in [-0.05, 0) is 51.2 Å². The zero-order valence-electron chi connectivity index (χ0n) is 20.6. The van der Waals surface area contributed by atoms with E-state index in [1.54, 1.807) is 0 Å². The average molecular weight is 482 g/mol. The first kappa shape index (κ1) is 26.2. The molecule has 3 rings (SSSR count). The van der Waals surface area contributed by atoms with Gasteiger partial charge in [0.15, 0.2) is 6.10 Å². The lowest BCUT2D eigenvalue weighted by molar-refractivity contribution is -0.146. The maximum atomic E-state index is 13.3. The summed E-state index contributed by atoms with van der Waals surface area (Å²) in [5.74, 6) is -0.828. The van der Waals surface area contributed by atoms with Gasteiger partial charge in [0, 0.05) is 12.1 Å². The van der Waals surface area contributed by atoms with Gasteiger partial charge < -0.3 is 25.4 Å². The fraction of sp³-hybridized carbons (Fsp3) is 0.444. The lowest BCUT2D eigenvalue weighted by atomic mass is 10.00. The summed E-state index contributed by atoms with van der Waals surface area (Å²) in [5.41, 5.74) is 1.23. The summed E-state index contributed by atoms with van der Waals surface area (Å²) < 4.78 is 5.32. The van der Waals surface area contributed by atoms with Gasteiger partial charge in [0.05, 0.1) is 6.04 Å². The molecule has 8 heteroatoms. The van der Waals surface area contributed by atoms with Crippen molar-refractivity contribution in [3.63, 3.8) is 0 Å². The maximum absolute atomic E-state index is 13.3. The Kier molecular flexibility index (Phi) is 8.87. The standard InChI is InChI=1S/C27H35N3O5/c1-27(2,3)29-24(32)22-15-10-16-30(22)25(33)23(31)21(17-19-11-6-4-7-12-19)28-26(34)35-18-20-13-8-5-9-14-20/h4-9,11-14,21-23,31H,10,15-18H2,1-3H3,(H,28,34)(H,29,32)/t21-,22-,23?/m0/s1. The van der Waals surface area contributed by atoms with Gasteiger partial charge in [0.2, 0.25) is 5.91 Å². The van der Waals surface area contributed by atoms with Crippen molar-refractivity contribution in [2.75, 3.05) is 6.54 Å². The third kappa shape index (κ3) is 7.82. The Morgan fingerprint density at radius 3 is 2.23 bits per heavy atom. The van der Waals surface area contributed by atoms with Gasteiger partial charge in [-0.25, -0.2) is 4.79 Å². The second-order valence-electron chi connectivity index (χ2n) is 9.88. The summed E-state index contributed by atoms with van der Waals surface area (Å²) in [4.78, 5) is 40.1. The molecule has 188 valence electrons. The number of rotatable bonds is 8. The highest BCUT2D eigenvalue weighted by Crippen LogP contribution is 2.21. The van der Waals surface area contributed by atoms with Crippen LogP contribution in [0.4, 0.5) is 4.79 Å². The minimum absolute atomic E-state index is 0.0654. The van der Waals surface area contributed by atoms with Crippen LogP contribution in [0.15, 0.2) is 60.7 Å². The fourth-order valence-electron chi connectivity index (χ4n) is 4.12. The number of carbonyl (C=O) groups is 3. The van der Waals surface area contributed by atoms with Crippen molar-refractivity contribution < 1.29 is 24.2 Å². The Bertz CT molecular complexity index is 991. The smallest absolute Gasteiger partial charge is 0.407 e. The first-order valence-corrected chi connectivity index (χ1v) is 12.0. The summed E-state index contributed by atoms with van der Waals surface area (Å²) in [6, 6.07) is 16.9. The van der Waals surface area contributed by atoms with Crippen molar-refractivity contribution >= 4 is 17.9 Å². The number of carbonyl (C=O) groups excluding carboxylic acids is 3. The lowest BCUT2D eigenvalue weighted by Crippen LogP contribution is -2.57. The van der Waals surface area contributed by atoms with E-state index in [2.05, 4.69) is 10.6 Å². The van der Waals surface area contributed by atoms with Crippen LogP contribution in [0.2, 0.25) is 0 Å². The number of aliphatic hydroxyl groups excluding tert-OH is 1. The largest absolute Gasteiger partial charge is 0.445 e. The number of nitrogens with one attached hydrogen (secondary N) is 2. The molecular formula is C27H35N3O5. The predicted molar refractivity (Wildman–Crippen MR) is 132 cm³/mol. The molecule has 1 fully saturated rings. The molecule has 3 amide bonds.